The number of rotatable bonds is 0. The van der Waals surface area contributed by atoms with Crippen LogP contribution < -0.4 is 0 Å². The van der Waals surface area contributed by atoms with Gasteiger partial charge in [0.1, 0.15) is 11.6 Å². The molecule has 0 N–H and O–H groups in total. The first-order valence-electron chi connectivity index (χ1n) is 3.24. The third kappa shape index (κ3) is 1.03. The Morgan fingerprint density at radius 2 is 1.92 bits per heavy atom. The zero-order valence-corrected chi connectivity index (χ0v) is 7.55. The fraction of sp³-hybridized carbons (Fsp3) is 0. The molecule has 1 aromatic heterocycles. The first-order chi connectivity index (χ1) is 5.70. The van der Waals surface area contributed by atoms with E-state index in [9.17, 15) is 8.78 Å². The minimum atomic E-state index is -0.526. The molecule has 0 aliphatic heterocycles. The molecule has 0 saturated heterocycles. The van der Waals surface area contributed by atoms with Crippen molar-refractivity contribution in [1.29, 1.82) is 0 Å². The zero-order chi connectivity index (χ0) is 8.72. The number of thiophene rings is 1. The Morgan fingerprint density at radius 1 is 1.17 bits per heavy atom. The Morgan fingerprint density at radius 3 is 2.58 bits per heavy atom. The number of thiol groups is 1. The van der Waals surface area contributed by atoms with Crippen LogP contribution in [-0.2, 0) is 0 Å². The Labute approximate surface area is 77.2 Å². The lowest BCUT2D eigenvalue weighted by atomic mass is 10.2. The van der Waals surface area contributed by atoms with Crippen molar-refractivity contribution >= 4 is 34.1 Å². The molecule has 2 aromatic rings. The summed E-state index contributed by atoms with van der Waals surface area (Å²) >= 11 is 5.25. The molecule has 62 valence electrons. The summed E-state index contributed by atoms with van der Waals surface area (Å²) in [7, 11) is 0. The van der Waals surface area contributed by atoms with Gasteiger partial charge >= 0.3 is 0 Å². The Kier molecular flexibility index (Phi) is 1.81. The summed E-state index contributed by atoms with van der Waals surface area (Å²) in [5.41, 5.74) is 0. The molecule has 0 amide bonds. The van der Waals surface area contributed by atoms with Gasteiger partial charge in [-0.15, -0.1) is 24.0 Å². The summed E-state index contributed by atoms with van der Waals surface area (Å²) in [4.78, 5) is 0.611. The number of benzene rings is 1. The van der Waals surface area contributed by atoms with Crippen LogP contribution in [0.1, 0.15) is 0 Å². The second-order valence-electron chi connectivity index (χ2n) is 2.35. The third-order valence-electron chi connectivity index (χ3n) is 1.61. The standard InChI is InChI=1S/C8H4F2S2/c9-4-1-2-6(11)8-7(4)5(10)3-12-8/h1-3,11H. The minimum Gasteiger partial charge on any atom is -0.206 e. The maximum Gasteiger partial charge on any atom is 0.144 e. The number of hydrogen-bond acceptors (Lipinski definition) is 2. The van der Waals surface area contributed by atoms with E-state index in [2.05, 4.69) is 12.6 Å². The van der Waals surface area contributed by atoms with Crippen molar-refractivity contribution in [3.05, 3.63) is 29.1 Å². The van der Waals surface area contributed by atoms with E-state index >= 15 is 0 Å². The van der Waals surface area contributed by atoms with Crippen LogP contribution in [-0.4, -0.2) is 0 Å². The summed E-state index contributed by atoms with van der Waals surface area (Å²) in [6, 6.07) is 2.75. The summed E-state index contributed by atoms with van der Waals surface area (Å²) in [5.74, 6) is -1.04. The van der Waals surface area contributed by atoms with Gasteiger partial charge in [-0.1, -0.05) is 0 Å². The van der Waals surface area contributed by atoms with Crippen LogP contribution in [0.2, 0.25) is 0 Å². The van der Waals surface area contributed by atoms with Gasteiger partial charge < -0.3 is 0 Å². The fourth-order valence-electron chi connectivity index (χ4n) is 1.06. The number of fused-ring (bicyclic) bond motifs is 1. The van der Waals surface area contributed by atoms with Gasteiger partial charge in [-0.2, -0.15) is 0 Å². The van der Waals surface area contributed by atoms with Gasteiger partial charge in [-0.05, 0) is 12.1 Å². The van der Waals surface area contributed by atoms with Gasteiger partial charge in [0.25, 0.3) is 0 Å². The minimum absolute atomic E-state index is 0.0486. The van der Waals surface area contributed by atoms with Crippen LogP contribution in [0.5, 0.6) is 0 Å². The maximum atomic E-state index is 13.0. The van der Waals surface area contributed by atoms with Crippen molar-refractivity contribution in [3.8, 4) is 0 Å². The van der Waals surface area contributed by atoms with Crippen LogP contribution in [0, 0.1) is 11.6 Å². The number of halogens is 2. The van der Waals surface area contributed by atoms with Crippen molar-refractivity contribution in [1.82, 2.24) is 0 Å². The molecule has 0 fully saturated rings. The Hall–Kier alpha value is -0.610. The van der Waals surface area contributed by atoms with Gasteiger partial charge in [-0.25, -0.2) is 8.78 Å². The predicted molar refractivity (Wildman–Crippen MR) is 49.0 cm³/mol. The van der Waals surface area contributed by atoms with Crippen molar-refractivity contribution < 1.29 is 8.78 Å². The zero-order valence-electron chi connectivity index (χ0n) is 5.84. The lowest BCUT2D eigenvalue weighted by molar-refractivity contribution is 0.611. The molecule has 4 heteroatoms. The summed E-state index contributed by atoms with van der Waals surface area (Å²) in [6.07, 6.45) is 0. The van der Waals surface area contributed by atoms with E-state index in [4.69, 9.17) is 0 Å². The van der Waals surface area contributed by atoms with E-state index in [0.717, 1.165) is 11.3 Å². The smallest absolute Gasteiger partial charge is 0.144 e. The molecule has 0 spiro atoms. The second kappa shape index (κ2) is 2.71. The molecule has 1 heterocycles. The van der Waals surface area contributed by atoms with Crippen LogP contribution in [0.15, 0.2) is 22.4 Å². The highest BCUT2D eigenvalue weighted by Crippen LogP contribution is 2.31. The molecule has 1 aromatic carbocycles. The average Bonchev–Trinajstić information content (AvgIpc) is 2.42. The molecule has 0 aliphatic carbocycles. The summed E-state index contributed by atoms with van der Waals surface area (Å²) < 4.78 is 26.5. The molecular weight excluding hydrogens is 198 g/mol. The lowest BCUT2D eigenvalue weighted by Gasteiger charge is -1.95. The SMILES string of the molecule is Fc1ccc(S)c2scc(F)c12. The van der Waals surface area contributed by atoms with Gasteiger partial charge in [0, 0.05) is 10.3 Å². The molecule has 12 heavy (non-hydrogen) atoms. The topological polar surface area (TPSA) is 0 Å². The molecule has 0 bridgehead atoms. The van der Waals surface area contributed by atoms with Crippen molar-refractivity contribution in [2.45, 2.75) is 4.90 Å². The molecule has 0 aliphatic rings. The molecule has 2 rings (SSSR count). The molecule has 0 unspecified atom stereocenters. The van der Waals surface area contributed by atoms with Crippen LogP contribution in [0.4, 0.5) is 8.78 Å². The van der Waals surface area contributed by atoms with E-state index in [-0.39, 0.29) is 5.39 Å². The molecule has 0 atom stereocenters. The first kappa shape index (κ1) is 8.01. The highest BCUT2D eigenvalue weighted by molar-refractivity contribution is 7.80. The van der Waals surface area contributed by atoms with Crippen molar-refractivity contribution in [3.63, 3.8) is 0 Å². The van der Waals surface area contributed by atoms with Crippen LogP contribution in [0.3, 0.4) is 0 Å². The summed E-state index contributed by atoms with van der Waals surface area (Å²) in [6.45, 7) is 0. The first-order valence-corrected chi connectivity index (χ1v) is 4.57. The molecule has 0 nitrogen and oxygen atoms in total. The van der Waals surface area contributed by atoms with E-state index in [1.54, 1.807) is 0 Å². The fourth-order valence-corrected chi connectivity index (χ4v) is 2.24. The third-order valence-corrected chi connectivity index (χ3v) is 3.11. The van der Waals surface area contributed by atoms with Gasteiger partial charge in [0.15, 0.2) is 0 Å². The maximum absolute atomic E-state index is 13.0. The predicted octanol–water partition coefficient (Wildman–Crippen LogP) is 3.47. The van der Waals surface area contributed by atoms with Crippen LogP contribution >= 0.6 is 24.0 Å². The highest BCUT2D eigenvalue weighted by atomic mass is 32.1. The quantitative estimate of drug-likeness (QED) is 0.621. The van der Waals surface area contributed by atoms with Gasteiger partial charge in [0.2, 0.25) is 0 Å². The van der Waals surface area contributed by atoms with E-state index in [1.165, 1.54) is 17.5 Å². The van der Waals surface area contributed by atoms with E-state index < -0.39 is 11.6 Å². The normalized spacial score (nSPS) is 10.9. The number of hydrogen-bond donors (Lipinski definition) is 1. The second-order valence-corrected chi connectivity index (χ2v) is 3.72. The van der Waals surface area contributed by atoms with Crippen LogP contribution in [0.25, 0.3) is 10.1 Å². The lowest BCUT2D eigenvalue weighted by Crippen LogP contribution is -1.78. The van der Waals surface area contributed by atoms with Gasteiger partial charge in [-0.3, -0.25) is 0 Å². The monoisotopic (exact) mass is 202 g/mol. The molecular formula is C8H4F2S2. The average molecular weight is 202 g/mol. The molecule has 0 radical (unpaired) electrons. The van der Waals surface area contributed by atoms with E-state index in [0.29, 0.717) is 9.60 Å². The largest absolute Gasteiger partial charge is 0.206 e. The summed E-state index contributed by atoms with van der Waals surface area (Å²) in [5, 5.41) is 1.33. The van der Waals surface area contributed by atoms with Crippen molar-refractivity contribution in [2.75, 3.05) is 0 Å². The Bertz CT molecular complexity index is 434. The molecule has 0 saturated carbocycles. The highest BCUT2D eigenvalue weighted by Gasteiger charge is 2.10. The van der Waals surface area contributed by atoms with Crippen molar-refractivity contribution in [2.24, 2.45) is 0 Å². The van der Waals surface area contributed by atoms with E-state index in [1.807, 2.05) is 0 Å². The van der Waals surface area contributed by atoms with Gasteiger partial charge in [0.05, 0.1) is 10.1 Å². The Balaban J connectivity index is 2.98.